The van der Waals surface area contributed by atoms with Crippen molar-refractivity contribution in [3.63, 3.8) is 0 Å². The maximum atomic E-state index is 11.1. The molecule has 0 aliphatic carbocycles. The molecule has 2 N–H and O–H groups in total. The van der Waals surface area contributed by atoms with Crippen LogP contribution in [0.25, 0.3) is 10.9 Å². The molecular formula is C15H20N4O2. The zero-order valence-electron chi connectivity index (χ0n) is 12.5. The molecule has 1 atom stereocenters. The number of nitrogens with zero attached hydrogens (tertiary/aromatic N) is 3. The van der Waals surface area contributed by atoms with Gasteiger partial charge in [0.15, 0.2) is 0 Å². The van der Waals surface area contributed by atoms with Gasteiger partial charge in [-0.15, -0.1) is 0 Å². The van der Waals surface area contributed by atoms with Crippen LogP contribution >= 0.6 is 0 Å². The van der Waals surface area contributed by atoms with Gasteiger partial charge < -0.3 is 15.3 Å². The number of benzene rings is 1. The lowest BCUT2D eigenvalue weighted by Crippen LogP contribution is -2.24. The molecule has 0 amide bonds. The number of hydrogen-bond donors (Lipinski definition) is 2. The highest BCUT2D eigenvalue weighted by atomic mass is 16.4. The number of fused-ring (bicyclic) bond motifs is 1. The molecule has 1 aromatic carbocycles. The van der Waals surface area contributed by atoms with Crippen LogP contribution in [0.3, 0.4) is 0 Å². The summed E-state index contributed by atoms with van der Waals surface area (Å²) < 4.78 is 0. The molecule has 2 rings (SSSR count). The minimum atomic E-state index is -1.12. The summed E-state index contributed by atoms with van der Waals surface area (Å²) in [5.74, 6) is -0.731. The molecule has 21 heavy (non-hydrogen) atoms. The van der Waals surface area contributed by atoms with Gasteiger partial charge in [-0.1, -0.05) is 12.1 Å². The third kappa shape index (κ3) is 3.88. The maximum Gasteiger partial charge on any atom is 0.374 e. The van der Waals surface area contributed by atoms with Crippen molar-refractivity contribution in [2.24, 2.45) is 0 Å². The molecule has 0 saturated carbocycles. The first kappa shape index (κ1) is 15.2. The molecule has 6 nitrogen and oxygen atoms in total. The minimum absolute atomic E-state index is 0.184. The van der Waals surface area contributed by atoms with Gasteiger partial charge in [-0.05, 0) is 46.1 Å². The number of para-hydroxylation sites is 1. The van der Waals surface area contributed by atoms with E-state index >= 15 is 0 Å². The van der Waals surface area contributed by atoms with Gasteiger partial charge in [0.2, 0.25) is 5.82 Å². The number of carboxylic acids is 1. The van der Waals surface area contributed by atoms with E-state index in [9.17, 15) is 4.79 Å². The van der Waals surface area contributed by atoms with Crippen molar-refractivity contribution < 1.29 is 9.90 Å². The second-order valence-electron chi connectivity index (χ2n) is 5.36. The summed E-state index contributed by atoms with van der Waals surface area (Å²) in [6.07, 6.45) is 0.938. The van der Waals surface area contributed by atoms with E-state index in [4.69, 9.17) is 5.11 Å². The molecule has 1 heterocycles. The molecule has 112 valence electrons. The Kier molecular flexibility index (Phi) is 4.70. The van der Waals surface area contributed by atoms with Crippen molar-refractivity contribution in [3.05, 3.63) is 30.1 Å². The van der Waals surface area contributed by atoms with E-state index in [1.54, 1.807) is 6.07 Å². The molecule has 6 heteroatoms. The third-order valence-electron chi connectivity index (χ3n) is 3.19. The number of aromatic carboxylic acids is 1. The Morgan fingerprint density at radius 3 is 2.71 bits per heavy atom. The van der Waals surface area contributed by atoms with E-state index < -0.39 is 5.97 Å². The minimum Gasteiger partial charge on any atom is -0.475 e. The topological polar surface area (TPSA) is 78.4 Å². The number of hydrogen-bond acceptors (Lipinski definition) is 5. The zero-order chi connectivity index (χ0) is 15.4. The fourth-order valence-corrected chi connectivity index (χ4v) is 2.04. The molecule has 1 unspecified atom stereocenters. The average molecular weight is 288 g/mol. The first-order valence-corrected chi connectivity index (χ1v) is 6.88. The number of anilines is 1. The van der Waals surface area contributed by atoms with E-state index in [1.807, 2.05) is 32.3 Å². The number of carbonyl (C=O) groups is 1. The van der Waals surface area contributed by atoms with Crippen LogP contribution in [-0.4, -0.2) is 52.6 Å². The van der Waals surface area contributed by atoms with Crippen molar-refractivity contribution in [3.8, 4) is 0 Å². The summed E-state index contributed by atoms with van der Waals surface area (Å²) in [5, 5.41) is 13.2. The summed E-state index contributed by atoms with van der Waals surface area (Å²) in [4.78, 5) is 21.4. The second-order valence-corrected chi connectivity index (χ2v) is 5.36. The van der Waals surface area contributed by atoms with Crippen molar-refractivity contribution in [1.29, 1.82) is 0 Å². The van der Waals surface area contributed by atoms with Gasteiger partial charge in [-0.3, -0.25) is 0 Å². The predicted molar refractivity (Wildman–Crippen MR) is 82.8 cm³/mol. The quantitative estimate of drug-likeness (QED) is 0.847. The molecule has 0 bridgehead atoms. The highest BCUT2D eigenvalue weighted by molar-refractivity contribution is 5.93. The third-order valence-corrected chi connectivity index (χ3v) is 3.19. The van der Waals surface area contributed by atoms with Gasteiger partial charge in [0.1, 0.15) is 5.82 Å². The van der Waals surface area contributed by atoms with E-state index in [-0.39, 0.29) is 11.9 Å². The van der Waals surface area contributed by atoms with Gasteiger partial charge in [-0.2, -0.15) is 0 Å². The van der Waals surface area contributed by atoms with Crippen LogP contribution in [0.1, 0.15) is 24.0 Å². The predicted octanol–water partition coefficient (Wildman–Crippen LogP) is 2.08. The first-order chi connectivity index (χ1) is 9.97. The number of aromatic nitrogens is 2. The Bertz CT molecular complexity index is 643. The molecule has 2 aromatic rings. The normalized spacial score (nSPS) is 12.6. The summed E-state index contributed by atoms with van der Waals surface area (Å²) in [7, 11) is 4.05. The summed E-state index contributed by atoms with van der Waals surface area (Å²) in [5.41, 5.74) is 0.632. The van der Waals surface area contributed by atoms with Crippen LogP contribution in [0.2, 0.25) is 0 Å². The Morgan fingerprint density at radius 2 is 2.05 bits per heavy atom. The van der Waals surface area contributed by atoms with Crippen LogP contribution in [0, 0.1) is 0 Å². The fraction of sp³-hybridized carbons (Fsp3) is 0.400. The summed E-state index contributed by atoms with van der Waals surface area (Å²) in [6.45, 7) is 3.00. The molecule has 0 radical (unpaired) electrons. The molecule has 0 aliphatic rings. The molecule has 1 aromatic heterocycles. The van der Waals surface area contributed by atoms with Crippen molar-refractivity contribution >= 4 is 22.7 Å². The van der Waals surface area contributed by atoms with Crippen LogP contribution in [-0.2, 0) is 0 Å². The van der Waals surface area contributed by atoms with E-state index in [0.717, 1.165) is 18.4 Å². The Balaban J connectivity index is 2.30. The highest BCUT2D eigenvalue weighted by Gasteiger charge is 2.14. The van der Waals surface area contributed by atoms with Crippen LogP contribution in [0.15, 0.2) is 24.3 Å². The van der Waals surface area contributed by atoms with Gasteiger partial charge in [0.05, 0.1) is 5.52 Å². The number of nitrogens with one attached hydrogen (secondary N) is 1. The lowest BCUT2D eigenvalue weighted by molar-refractivity contribution is 0.0684. The molecule has 0 spiro atoms. The Hall–Kier alpha value is -2.21. The lowest BCUT2D eigenvalue weighted by Gasteiger charge is -2.18. The van der Waals surface area contributed by atoms with Crippen molar-refractivity contribution in [2.75, 3.05) is 26.0 Å². The Morgan fingerprint density at radius 1 is 1.33 bits per heavy atom. The van der Waals surface area contributed by atoms with Gasteiger partial charge in [0, 0.05) is 11.4 Å². The largest absolute Gasteiger partial charge is 0.475 e. The Labute approximate surface area is 123 Å². The zero-order valence-corrected chi connectivity index (χ0v) is 12.5. The average Bonchev–Trinajstić information content (AvgIpc) is 2.45. The van der Waals surface area contributed by atoms with Gasteiger partial charge in [0.25, 0.3) is 0 Å². The molecule has 0 saturated heterocycles. The fourth-order valence-electron chi connectivity index (χ4n) is 2.04. The SMILES string of the molecule is CC(CCN(C)C)Nc1nc(C(=O)O)nc2ccccc12. The van der Waals surface area contributed by atoms with Crippen LogP contribution in [0.4, 0.5) is 5.82 Å². The first-order valence-electron chi connectivity index (χ1n) is 6.88. The van der Waals surface area contributed by atoms with E-state index in [2.05, 4.69) is 27.1 Å². The summed E-state index contributed by atoms with van der Waals surface area (Å²) in [6, 6.07) is 7.59. The molecule has 0 aliphatic heterocycles. The maximum absolute atomic E-state index is 11.1. The number of carboxylic acid groups (broad SMARTS) is 1. The smallest absolute Gasteiger partial charge is 0.374 e. The van der Waals surface area contributed by atoms with E-state index in [0.29, 0.717) is 11.3 Å². The van der Waals surface area contributed by atoms with Crippen molar-refractivity contribution in [2.45, 2.75) is 19.4 Å². The standard InChI is InChI=1S/C15H20N4O2/c1-10(8-9-19(2)3)16-13-11-6-4-5-7-12(11)17-14(18-13)15(20)21/h4-7,10H,8-9H2,1-3H3,(H,20,21)(H,16,17,18). The molecule has 0 fully saturated rings. The highest BCUT2D eigenvalue weighted by Crippen LogP contribution is 2.21. The van der Waals surface area contributed by atoms with Crippen molar-refractivity contribution in [1.82, 2.24) is 14.9 Å². The summed E-state index contributed by atoms with van der Waals surface area (Å²) >= 11 is 0. The van der Waals surface area contributed by atoms with Gasteiger partial charge in [-0.25, -0.2) is 14.8 Å². The molecular weight excluding hydrogens is 268 g/mol. The van der Waals surface area contributed by atoms with E-state index in [1.165, 1.54) is 0 Å². The van der Waals surface area contributed by atoms with Crippen LogP contribution < -0.4 is 5.32 Å². The second kappa shape index (κ2) is 6.49. The monoisotopic (exact) mass is 288 g/mol. The number of rotatable bonds is 6. The van der Waals surface area contributed by atoms with Gasteiger partial charge >= 0.3 is 5.97 Å². The lowest BCUT2D eigenvalue weighted by atomic mass is 10.2. The van der Waals surface area contributed by atoms with Crippen LogP contribution in [0.5, 0.6) is 0 Å².